The molecule has 0 radical (unpaired) electrons. The van der Waals surface area contributed by atoms with Gasteiger partial charge in [-0.15, -0.1) is 0 Å². The molecule has 3 aromatic carbocycles. The van der Waals surface area contributed by atoms with Crippen molar-refractivity contribution in [3.63, 3.8) is 0 Å². The summed E-state index contributed by atoms with van der Waals surface area (Å²) < 4.78 is 33.8. The molecule has 1 atom stereocenters. The lowest BCUT2D eigenvalue weighted by molar-refractivity contribution is 0.0936. The van der Waals surface area contributed by atoms with Crippen molar-refractivity contribution in [2.75, 3.05) is 11.8 Å². The summed E-state index contributed by atoms with van der Waals surface area (Å²) in [5.41, 5.74) is 3.49. The number of hydrogen-bond donors (Lipinski definition) is 3. The van der Waals surface area contributed by atoms with Crippen LogP contribution in [0.15, 0.2) is 77.8 Å². The standard InChI is InChI=1S/C27H29N3O4S/c1-4-20(15-19-17-28-25-8-6-5-7-23(19)25)29-27(31)24-16-21(34-3)11-14-26(24)30-35(32,33)22-12-9-18(2)10-13-22/h5-14,16-17,20,28,30H,4,15H2,1-3H3,(H,29,31). The van der Waals surface area contributed by atoms with Crippen molar-refractivity contribution >= 4 is 32.5 Å². The molecule has 182 valence electrons. The van der Waals surface area contributed by atoms with Gasteiger partial charge in [-0.2, -0.15) is 0 Å². The maximum Gasteiger partial charge on any atom is 0.261 e. The first-order valence-electron chi connectivity index (χ1n) is 11.4. The molecule has 0 aliphatic carbocycles. The van der Waals surface area contributed by atoms with E-state index in [1.807, 2.05) is 38.2 Å². The average Bonchev–Trinajstić information content (AvgIpc) is 3.26. The molecule has 4 rings (SSSR count). The van der Waals surface area contributed by atoms with Crippen LogP contribution in [0.2, 0.25) is 0 Å². The summed E-state index contributed by atoms with van der Waals surface area (Å²) in [4.78, 5) is 16.7. The smallest absolute Gasteiger partial charge is 0.261 e. The Labute approximate surface area is 205 Å². The number of para-hydroxylation sites is 1. The highest BCUT2D eigenvalue weighted by atomic mass is 32.2. The summed E-state index contributed by atoms with van der Waals surface area (Å²) in [6, 6.07) is 19.1. The van der Waals surface area contributed by atoms with Gasteiger partial charge in [0.05, 0.1) is 23.3 Å². The Morgan fingerprint density at radius 2 is 1.80 bits per heavy atom. The fourth-order valence-electron chi connectivity index (χ4n) is 3.97. The van der Waals surface area contributed by atoms with Crippen molar-refractivity contribution in [1.82, 2.24) is 10.3 Å². The predicted molar refractivity (Wildman–Crippen MR) is 139 cm³/mol. The lowest BCUT2D eigenvalue weighted by atomic mass is 10.0. The number of carbonyl (C=O) groups excluding carboxylic acids is 1. The lowest BCUT2D eigenvalue weighted by Crippen LogP contribution is -2.36. The van der Waals surface area contributed by atoms with Gasteiger partial charge in [-0.25, -0.2) is 8.42 Å². The molecular formula is C27H29N3O4S. The van der Waals surface area contributed by atoms with Crippen LogP contribution in [-0.4, -0.2) is 32.5 Å². The summed E-state index contributed by atoms with van der Waals surface area (Å²) in [5, 5.41) is 4.19. The highest BCUT2D eigenvalue weighted by Crippen LogP contribution is 2.26. The Bertz CT molecular complexity index is 1440. The van der Waals surface area contributed by atoms with Crippen LogP contribution in [0.5, 0.6) is 5.75 Å². The molecule has 3 N–H and O–H groups in total. The van der Waals surface area contributed by atoms with Gasteiger partial charge in [-0.3, -0.25) is 9.52 Å². The molecule has 35 heavy (non-hydrogen) atoms. The molecule has 1 heterocycles. The first kappa shape index (κ1) is 24.3. The number of ether oxygens (including phenoxy) is 1. The van der Waals surface area contributed by atoms with Gasteiger partial charge >= 0.3 is 0 Å². The molecule has 1 aromatic heterocycles. The highest BCUT2D eigenvalue weighted by molar-refractivity contribution is 7.92. The second kappa shape index (κ2) is 10.2. The number of hydrogen-bond acceptors (Lipinski definition) is 4. The monoisotopic (exact) mass is 491 g/mol. The van der Waals surface area contributed by atoms with E-state index in [0.717, 1.165) is 22.0 Å². The highest BCUT2D eigenvalue weighted by Gasteiger charge is 2.22. The van der Waals surface area contributed by atoms with E-state index < -0.39 is 10.0 Å². The Morgan fingerprint density at radius 1 is 1.06 bits per heavy atom. The minimum atomic E-state index is -3.88. The molecule has 0 fully saturated rings. The van der Waals surface area contributed by atoms with Gasteiger partial charge in [-0.1, -0.05) is 42.8 Å². The lowest BCUT2D eigenvalue weighted by Gasteiger charge is -2.19. The van der Waals surface area contributed by atoms with E-state index in [2.05, 4.69) is 21.1 Å². The van der Waals surface area contributed by atoms with Crippen LogP contribution in [0, 0.1) is 6.92 Å². The van der Waals surface area contributed by atoms with Crippen LogP contribution < -0.4 is 14.8 Å². The Hall–Kier alpha value is -3.78. The molecule has 0 saturated carbocycles. The number of rotatable bonds is 9. The Morgan fingerprint density at radius 3 is 2.51 bits per heavy atom. The topological polar surface area (TPSA) is 100 Å². The number of aromatic nitrogens is 1. The predicted octanol–water partition coefficient (Wildman–Crippen LogP) is 5.04. The number of amides is 1. The molecule has 0 spiro atoms. The zero-order chi connectivity index (χ0) is 25.0. The van der Waals surface area contributed by atoms with E-state index in [0.29, 0.717) is 18.6 Å². The number of methoxy groups -OCH3 is 1. The minimum absolute atomic E-state index is 0.121. The zero-order valence-corrected chi connectivity index (χ0v) is 20.8. The minimum Gasteiger partial charge on any atom is -0.497 e. The molecule has 0 aliphatic heterocycles. The van der Waals surface area contributed by atoms with E-state index >= 15 is 0 Å². The molecular weight excluding hydrogens is 462 g/mol. The maximum atomic E-state index is 13.4. The first-order valence-corrected chi connectivity index (χ1v) is 12.9. The van der Waals surface area contributed by atoms with E-state index in [1.54, 1.807) is 30.3 Å². The van der Waals surface area contributed by atoms with Crippen molar-refractivity contribution in [3.8, 4) is 5.75 Å². The third-order valence-corrected chi connectivity index (χ3v) is 7.40. The molecule has 0 bridgehead atoms. The normalized spacial score (nSPS) is 12.3. The van der Waals surface area contributed by atoms with Crippen molar-refractivity contribution in [2.24, 2.45) is 0 Å². The summed E-state index contributed by atoms with van der Waals surface area (Å²) in [6.07, 6.45) is 3.31. The fourth-order valence-corrected chi connectivity index (χ4v) is 5.05. The van der Waals surface area contributed by atoms with Gasteiger partial charge in [-0.05, 0) is 61.7 Å². The van der Waals surface area contributed by atoms with E-state index in [4.69, 9.17) is 4.74 Å². The van der Waals surface area contributed by atoms with Crippen LogP contribution >= 0.6 is 0 Å². The maximum absolute atomic E-state index is 13.4. The number of aromatic amines is 1. The number of benzene rings is 3. The number of sulfonamides is 1. The molecule has 7 nitrogen and oxygen atoms in total. The van der Waals surface area contributed by atoms with Crippen LogP contribution in [0.4, 0.5) is 5.69 Å². The van der Waals surface area contributed by atoms with Gasteiger partial charge < -0.3 is 15.0 Å². The molecule has 4 aromatic rings. The van der Waals surface area contributed by atoms with Gasteiger partial charge in [0.2, 0.25) is 0 Å². The second-order valence-corrected chi connectivity index (χ2v) is 10.2. The Kier molecular flexibility index (Phi) is 7.12. The molecule has 8 heteroatoms. The summed E-state index contributed by atoms with van der Waals surface area (Å²) in [7, 11) is -2.38. The summed E-state index contributed by atoms with van der Waals surface area (Å²) >= 11 is 0. The van der Waals surface area contributed by atoms with Crippen LogP contribution in [0.3, 0.4) is 0 Å². The fraction of sp³-hybridized carbons (Fsp3) is 0.222. The largest absolute Gasteiger partial charge is 0.497 e. The van der Waals surface area contributed by atoms with Crippen LogP contribution in [0.1, 0.15) is 34.8 Å². The summed E-state index contributed by atoms with van der Waals surface area (Å²) in [5.74, 6) is 0.0790. The molecule has 1 amide bonds. The number of fused-ring (bicyclic) bond motifs is 1. The quantitative estimate of drug-likeness (QED) is 0.305. The number of aryl methyl sites for hydroxylation is 1. The van der Waals surface area contributed by atoms with Crippen molar-refractivity contribution in [3.05, 3.63) is 89.6 Å². The number of carbonyl (C=O) groups is 1. The number of anilines is 1. The number of nitrogens with one attached hydrogen (secondary N) is 3. The second-order valence-electron chi connectivity index (χ2n) is 8.47. The van der Waals surface area contributed by atoms with Gasteiger partial charge in [0, 0.05) is 23.1 Å². The zero-order valence-electron chi connectivity index (χ0n) is 20.0. The van der Waals surface area contributed by atoms with Gasteiger partial charge in [0.25, 0.3) is 15.9 Å². The van der Waals surface area contributed by atoms with E-state index in [9.17, 15) is 13.2 Å². The molecule has 0 saturated heterocycles. The van der Waals surface area contributed by atoms with Crippen molar-refractivity contribution in [1.29, 1.82) is 0 Å². The van der Waals surface area contributed by atoms with E-state index in [-0.39, 0.29) is 28.1 Å². The third kappa shape index (κ3) is 5.49. The van der Waals surface area contributed by atoms with Gasteiger partial charge in [0.15, 0.2) is 0 Å². The first-order chi connectivity index (χ1) is 16.8. The molecule has 1 unspecified atom stereocenters. The van der Waals surface area contributed by atoms with Crippen molar-refractivity contribution in [2.45, 2.75) is 37.6 Å². The van der Waals surface area contributed by atoms with Crippen LogP contribution in [-0.2, 0) is 16.4 Å². The van der Waals surface area contributed by atoms with Crippen molar-refractivity contribution < 1.29 is 17.9 Å². The average molecular weight is 492 g/mol. The number of H-pyrrole nitrogens is 1. The Balaban J connectivity index is 1.58. The third-order valence-electron chi connectivity index (χ3n) is 6.02. The SMILES string of the molecule is CCC(Cc1c[nH]c2ccccc12)NC(=O)c1cc(OC)ccc1NS(=O)(=O)c1ccc(C)cc1. The van der Waals surface area contributed by atoms with Crippen LogP contribution in [0.25, 0.3) is 10.9 Å². The molecule has 0 aliphatic rings. The van der Waals surface area contributed by atoms with E-state index in [1.165, 1.54) is 19.2 Å². The van der Waals surface area contributed by atoms with Gasteiger partial charge in [0.1, 0.15) is 5.75 Å². The summed E-state index contributed by atoms with van der Waals surface area (Å²) in [6.45, 7) is 3.89.